The number of hydrogen-bond donors (Lipinski definition) is 2. The molecule has 0 saturated heterocycles. The number of fused-ring (bicyclic) bond motifs is 1. The van der Waals surface area contributed by atoms with Crippen molar-refractivity contribution >= 4 is 34.7 Å². The number of ether oxygens (including phenoxy) is 1. The van der Waals surface area contributed by atoms with Crippen molar-refractivity contribution in [3.8, 4) is 11.5 Å². The lowest BCUT2D eigenvalue weighted by Gasteiger charge is -2.12. The van der Waals surface area contributed by atoms with Crippen molar-refractivity contribution in [2.75, 3.05) is 11.9 Å². The van der Waals surface area contributed by atoms with Crippen LogP contribution in [0.4, 0.5) is 11.4 Å². The van der Waals surface area contributed by atoms with Crippen LogP contribution in [0.1, 0.15) is 12.6 Å². The molecule has 2 aromatic carbocycles. The molecule has 4 nitrogen and oxygen atoms in total. The Labute approximate surface area is 141 Å². The number of anilines is 2. The van der Waals surface area contributed by atoms with Crippen molar-refractivity contribution in [1.29, 1.82) is 0 Å². The second-order valence-electron chi connectivity index (χ2n) is 5.10. The maximum Gasteiger partial charge on any atom is 0.120 e. The van der Waals surface area contributed by atoms with Crippen molar-refractivity contribution < 1.29 is 9.84 Å². The van der Waals surface area contributed by atoms with E-state index in [4.69, 9.17) is 4.74 Å². The monoisotopic (exact) mass is 330 g/mol. The molecule has 0 aliphatic heterocycles. The summed E-state index contributed by atoms with van der Waals surface area (Å²) in [7, 11) is 0. The van der Waals surface area contributed by atoms with Gasteiger partial charge in [-0.2, -0.15) is 0 Å². The Bertz CT molecular complexity index is 821. The third-order valence-corrected chi connectivity index (χ3v) is 3.34. The Kier molecular flexibility index (Phi) is 5.29. The molecule has 120 valence electrons. The molecule has 3 aromatic rings. The van der Waals surface area contributed by atoms with E-state index < -0.39 is 0 Å². The van der Waals surface area contributed by atoms with E-state index in [1.807, 2.05) is 44.2 Å². The number of aromatic hydroxyl groups is 1. The number of benzene rings is 2. The van der Waals surface area contributed by atoms with Crippen LogP contribution in [0.2, 0.25) is 0 Å². The number of nitrogens with zero attached hydrogens (tertiary/aromatic N) is 1. The molecule has 3 rings (SSSR count). The molecule has 0 aliphatic rings. The van der Waals surface area contributed by atoms with Gasteiger partial charge in [-0.15, -0.1) is 12.4 Å². The Morgan fingerprint density at radius 2 is 1.96 bits per heavy atom. The predicted molar refractivity (Wildman–Crippen MR) is 96.3 cm³/mol. The average Bonchev–Trinajstić information content (AvgIpc) is 2.48. The first kappa shape index (κ1) is 16.9. The lowest BCUT2D eigenvalue weighted by molar-refractivity contribution is 0.340. The summed E-state index contributed by atoms with van der Waals surface area (Å²) in [6.45, 7) is 4.55. The normalized spacial score (nSPS) is 10.2. The van der Waals surface area contributed by atoms with E-state index in [1.54, 1.807) is 18.2 Å². The second-order valence-corrected chi connectivity index (χ2v) is 5.10. The molecule has 0 unspecified atom stereocenters. The molecule has 0 fully saturated rings. The van der Waals surface area contributed by atoms with Crippen molar-refractivity contribution in [2.45, 2.75) is 13.8 Å². The molecule has 2 N–H and O–H groups in total. The fourth-order valence-electron chi connectivity index (χ4n) is 2.44. The first-order valence-corrected chi connectivity index (χ1v) is 7.26. The maximum absolute atomic E-state index is 9.60. The van der Waals surface area contributed by atoms with E-state index in [1.165, 1.54) is 0 Å². The van der Waals surface area contributed by atoms with Crippen LogP contribution in [0.15, 0.2) is 48.5 Å². The number of halogens is 1. The summed E-state index contributed by atoms with van der Waals surface area (Å²) in [4.78, 5) is 4.55. The summed E-state index contributed by atoms with van der Waals surface area (Å²) >= 11 is 0. The van der Waals surface area contributed by atoms with E-state index in [-0.39, 0.29) is 18.2 Å². The summed E-state index contributed by atoms with van der Waals surface area (Å²) in [5, 5.41) is 13.9. The SMILES string of the molecule is CCOc1ccc2nc(C)cc(Nc3cccc(O)c3)c2c1.Cl. The van der Waals surface area contributed by atoms with Crippen molar-refractivity contribution in [3.63, 3.8) is 0 Å². The molecule has 1 heterocycles. The van der Waals surface area contributed by atoms with Gasteiger partial charge >= 0.3 is 0 Å². The number of phenols is 1. The van der Waals surface area contributed by atoms with Crippen LogP contribution in [-0.4, -0.2) is 16.7 Å². The molecule has 5 heteroatoms. The fraction of sp³-hybridized carbons (Fsp3) is 0.167. The van der Waals surface area contributed by atoms with Gasteiger partial charge in [0.1, 0.15) is 11.5 Å². The van der Waals surface area contributed by atoms with Crippen LogP contribution in [0.3, 0.4) is 0 Å². The molecular formula is C18H19ClN2O2. The minimum absolute atomic E-state index is 0. The first-order chi connectivity index (χ1) is 10.7. The van der Waals surface area contributed by atoms with Crippen molar-refractivity contribution in [1.82, 2.24) is 4.98 Å². The number of phenolic OH excluding ortho intramolecular Hbond substituents is 1. The van der Waals surface area contributed by atoms with Crippen LogP contribution < -0.4 is 10.1 Å². The molecule has 0 bridgehead atoms. The van der Waals surface area contributed by atoms with Crippen LogP contribution in [0.5, 0.6) is 11.5 Å². The van der Waals surface area contributed by atoms with Gasteiger partial charge in [-0.05, 0) is 50.2 Å². The Morgan fingerprint density at radius 3 is 2.70 bits per heavy atom. The third-order valence-electron chi connectivity index (χ3n) is 3.34. The molecular weight excluding hydrogens is 312 g/mol. The zero-order chi connectivity index (χ0) is 15.5. The summed E-state index contributed by atoms with van der Waals surface area (Å²) in [6.07, 6.45) is 0. The van der Waals surface area contributed by atoms with Gasteiger partial charge in [-0.3, -0.25) is 4.98 Å². The van der Waals surface area contributed by atoms with Gasteiger partial charge in [0.15, 0.2) is 0 Å². The minimum Gasteiger partial charge on any atom is -0.508 e. The molecule has 0 radical (unpaired) electrons. The summed E-state index contributed by atoms with van der Waals surface area (Å²) in [5.74, 6) is 1.05. The van der Waals surface area contributed by atoms with Gasteiger partial charge in [-0.25, -0.2) is 0 Å². The van der Waals surface area contributed by atoms with E-state index >= 15 is 0 Å². The predicted octanol–water partition coefficient (Wildman–Crippen LogP) is 4.81. The smallest absolute Gasteiger partial charge is 0.120 e. The minimum atomic E-state index is 0. The summed E-state index contributed by atoms with van der Waals surface area (Å²) in [5.41, 5.74) is 3.61. The standard InChI is InChI=1S/C18H18N2O2.ClH/c1-3-22-15-7-8-17-16(11-15)18(9-12(2)19-17)20-13-5-4-6-14(21)10-13;/h4-11,21H,3H2,1-2H3,(H,19,20);1H. The number of rotatable bonds is 4. The zero-order valence-corrected chi connectivity index (χ0v) is 13.9. The van der Waals surface area contributed by atoms with Crippen molar-refractivity contribution in [2.24, 2.45) is 0 Å². The Balaban J connectivity index is 0.00000192. The van der Waals surface area contributed by atoms with Crippen molar-refractivity contribution in [3.05, 3.63) is 54.2 Å². The zero-order valence-electron chi connectivity index (χ0n) is 13.0. The highest BCUT2D eigenvalue weighted by atomic mass is 35.5. The van der Waals surface area contributed by atoms with Gasteiger partial charge in [0, 0.05) is 28.5 Å². The van der Waals surface area contributed by atoms with Gasteiger partial charge in [0.05, 0.1) is 12.1 Å². The molecule has 23 heavy (non-hydrogen) atoms. The van der Waals surface area contributed by atoms with Gasteiger partial charge in [-0.1, -0.05) is 6.07 Å². The van der Waals surface area contributed by atoms with Crippen LogP contribution in [0.25, 0.3) is 10.9 Å². The highest BCUT2D eigenvalue weighted by molar-refractivity contribution is 5.94. The molecule has 0 amide bonds. The Morgan fingerprint density at radius 1 is 1.13 bits per heavy atom. The molecule has 0 saturated carbocycles. The number of nitrogens with one attached hydrogen (secondary N) is 1. The second kappa shape index (κ2) is 7.20. The summed E-state index contributed by atoms with van der Waals surface area (Å²) < 4.78 is 5.57. The summed E-state index contributed by atoms with van der Waals surface area (Å²) in [6, 6.07) is 14.9. The highest BCUT2D eigenvalue weighted by Crippen LogP contribution is 2.30. The van der Waals surface area contributed by atoms with Gasteiger partial charge in [0.2, 0.25) is 0 Å². The topological polar surface area (TPSA) is 54.4 Å². The van der Waals surface area contributed by atoms with E-state index in [9.17, 15) is 5.11 Å². The fourth-order valence-corrected chi connectivity index (χ4v) is 2.44. The van der Waals surface area contributed by atoms with E-state index in [0.29, 0.717) is 6.61 Å². The van der Waals surface area contributed by atoms with Gasteiger partial charge < -0.3 is 15.2 Å². The van der Waals surface area contributed by atoms with Crippen LogP contribution in [-0.2, 0) is 0 Å². The number of hydrogen-bond acceptors (Lipinski definition) is 4. The van der Waals surface area contributed by atoms with E-state index in [2.05, 4.69) is 10.3 Å². The average molecular weight is 331 g/mol. The van der Waals surface area contributed by atoms with E-state index in [0.717, 1.165) is 33.7 Å². The third kappa shape index (κ3) is 3.85. The van der Waals surface area contributed by atoms with Crippen LogP contribution in [0, 0.1) is 6.92 Å². The molecule has 0 atom stereocenters. The number of pyridine rings is 1. The maximum atomic E-state index is 9.60. The largest absolute Gasteiger partial charge is 0.508 e. The molecule has 0 spiro atoms. The molecule has 1 aromatic heterocycles. The first-order valence-electron chi connectivity index (χ1n) is 7.26. The molecule has 0 aliphatic carbocycles. The quantitative estimate of drug-likeness (QED) is 0.720. The lowest BCUT2D eigenvalue weighted by Crippen LogP contribution is -1.96. The highest BCUT2D eigenvalue weighted by Gasteiger charge is 2.07. The van der Waals surface area contributed by atoms with Crippen LogP contribution >= 0.6 is 12.4 Å². The lowest BCUT2D eigenvalue weighted by atomic mass is 10.1. The number of aromatic nitrogens is 1. The number of aryl methyl sites for hydroxylation is 1. The Hall–Kier alpha value is -2.46. The van der Waals surface area contributed by atoms with Gasteiger partial charge in [0.25, 0.3) is 0 Å².